The standard InChI is InChI=1S/C19H28ClN3O3.ClH/c1-12-10-15(16(26-3)11-14(12)20)23-17(24)7-9-22-18(25)13-6-4-5-8-19(13,2)21;/h10-11,13H,4-9,21H2,1-3H3,(H,22,25)(H,23,24);1H. The molecular formula is C19H29Cl2N3O3. The number of methoxy groups -OCH3 is 1. The Morgan fingerprint density at radius 2 is 2.07 bits per heavy atom. The van der Waals surface area contributed by atoms with Gasteiger partial charge in [0.1, 0.15) is 5.75 Å². The number of benzene rings is 1. The molecular weight excluding hydrogens is 389 g/mol. The summed E-state index contributed by atoms with van der Waals surface area (Å²) < 4.78 is 5.24. The van der Waals surface area contributed by atoms with Crippen LogP contribution in [0.5, 0.6) is 5.75 Å². The molecule has 0 aromatic heterocycles. The van der Waals surface area contributed by atoms with Crippen LogP contribution in [0.1, 0.15) is 44.6 Å². The first-order chi connectivity index (χ1) is 12.2. The molecule has 2 amide bonds. The van der Waals surface area contributed by atoms with Crippen LogP contribution >= 0.6 is 24.0 Å². The smallest absolute Gasteiger partial charge is 0.226 e. The maximum absolute atomic E-state index is 12.4. The molecule has 152 valence electrons. The fourth-order valence-electron chi connectivity index (χ4n) is 3.35. The summed E-state index contributed by atoms with van der Waals surface area (Å²) in [6.07, 6.45) is 3.89. The third kappa shape index (κ3) is 6.26. The van der Waals surface area contributed by atoms with Crippen molar-refractivity contribution in [3.05, 3.63) is 22.7 Å². The predicted octanol–water partition coefficient (Wildman–Crippen LogP) is 3.43. The highest BCUT2D eigenvalue weighted by molar-refractivity contribution is 6.31. The molecule has 2 atom stereocenters. The third-order valence-corrected chi connectivity index (χ3v) is 5.38. The molecule has 2 unspecified atom stereocenters. The Morgan fingerprint density at radius 1 is 1.37 bits per heavy atom. The first-order valence-corrected chi connectivity index (χ1v) is 9.33. The van der Waals surface area contributed by atoms with Crippen LogP contribution < -0.4 is 21.1 Å². The Labute approximate surface area is 172 Å². The van der Waals surface area contributed by atoms with Crippen molar-refractivity contribution in [2.45, 2.75) is 51.5 Å². The van der Waals surface area contributed by atoms with Crippen molar-refractivity contribution < 1.29 is 14.3 Å². The molecule has 1 saturated carbocycles. The van der Waals surface area contributed by atoms with Crippen LogP contribution in [0.15, 0.2) is 12.1 Å². The van der Waals surface area contributed by atoms with Gasteiger partial charge in [0, 0.05) is 29.6 Å². The van der Waals surface area contributed by atoms with Gasteiger partial charge in [0.15, 0.2) is 0 Å². The van der Waals surface area contributed by atoms with Crippen molar-refractivity contribution in [3.63, 3.8) is 0 Å². The van der Waals surface area contributed by atoms with Crippen LogP contribution in [-0.2, 0) is 9.59 Å². The van der Waals surface area contributed by atoms with Gasteiger partial charge in [-0.2, -0.15) is 0 Å². The van der Waals surface area contributed by atoms with Gasteiger partial charge in [-0.25, -0.2) is 0 Å². The minimum atomic E-state index is -0.473. The fraction of sp³-hybridized carbons (Fsp3) is 0.579. The van der Waals surface area contributed by atoms with Crippen molar-refractivity contribution >= 4 is 41.5 Å². The normalized spacial score (nSPS) is 21.7. The molecule has 6 nitrogen and oxygen atoms in total. The molecule has 0 aliphatic heterocycles. The van der Waals surface area contributed by atoms with Crippen molar-refractivity contribution in [2.75, 3.05) is 19.0 Å². The highest BCUT2D eigenvalue weighted by Crippen LogP contribution is 2.32. The second-order valence-corrected chi connectivity index (χ2v) is 7.60. The number of halogens is 2. The Balaban J connectivity index is 0.00000364. The molecule has 0 spiro atoms. The third-order valence-electron chi connectivity index (χ3n) is 4.98. The van der Waals surface area contributed by atoms with Crippen LogP contribution in [0.25, 0.3) is 0 Å². The molecule has 1 aliphatic carbocycles. The van der Waals surface area contributed by atoms with Gasteiger partial charge in [0.05, 0.1) is 18.7 Å². The second-order valence-electron chi connectivity index (χ2n) is 7.20. The lowest BCUT2D eigenvalue weighted by Gasteiger charge is -2.37. The van der Waals surface area contributed by atoms with E-state index in [9.17, 15) is 9.59 Å². The van der Waals surface area contributed by atoms with E-state index in [4.69, 9.17) is 22.1 Å². The molecule has 1 aliphatic rings. The summed E-state index contributed by atoms with van der Waals surface area (Å²) in [5.41, 5.74) is 7.18. The number of anilines is 1. The zero-order valence-corrected chi connectivity index (χ0v) is 17.6. The minimum Gasteiger partial charge on any atom is -0.495 e. The van der Waals surface area contributed by atoms with Crippen molar-refractivity contribution in [2.24, 2.45) is 11.7 Å². The number of amides is 2. The molecule has 2 rings (SSSR count). The van der Waals surface area contributed by atoms with Gasteiger partial charge in [-0.15, -0.1) is 12.4 Å². The number of hydrogen-bond donors (Lipinski definition) is 3. The van der Waals surface area contributed by atoms with Crippen LogP contribution in [-0.4, -0.2) is 31.0 Å². The van der Waals surface area contributed by atoms with Gasteiger partial charge in [-0.05, 0) is 38.3 Å². The van der Waals surface area contributed by atoms with Gasteiger partial charge in [-0.1, -0.05) is 24.4 Å². The van der Waals surface area contributed by atoms with E-state index in [1.165, 1.54) is 7.11 Å². The highest BCUT2D eigenvalue weighted by Gasteiger charge is 2.37. The number of nitrogens with two attached hydrogens (primary N) is 1. The summed E-state index contributed by atoms with van der Waals surface area (Å²) in [4.78, 5) is 24.6. The Morgan fingerprint density at radius 3 is 2.70 bits per heavy atom. The van der Waals surface area contributed by atoms with Crippen LogP contribution in [0.2, 0.25) is 5.02 Å². The average molecular weight is 418 g/mol. The molecule has 8 heteroatoms. The Kier molecular flexibility index (Phi) is 8.85. The molecule has 0 bridgehead atoms. The van der Waals surface area contributed by atoms with E-state index in [0.717, 1.165) is 31.2 Å². The molecule has 0 radical (unpaired) electrons. The number of aryl methyl sites for hydroxylation is 1. The summed E-state index contributed by atoms with van der Waals surface area (Å²) in [6.45, 7) is 4.05. The maximum Gasteiger partial charge on any atom is 0.226 e. The number of carbonyl (C=O) groups excluding carboxylic acids is 2. The van der Waals surface area contributed by atoms with Crippen molar-refractivity contribution in [1.29, 1.82) is 0 Å². The van der Waals surface area contributed by atoms with Gasteiger partial charge >= 0.3 is 0 Å². The molecule has 4 N–H and O–H groups in total. The van der Waals surface area contributed by atoms with Gasteiger partial charge in [0.2, 0.25) is 11.8 Å². The monoisotopic (exact) mass is 417 g/mol. The minimum absolute atomic E-state index is 0. The Hall–Kier alpha value is -1.50. The number of rotatable bonds is 6. The summed E-state index contributed by atoms with van der Waals surface area (Å²) in [7, 11) is 1.52. The highest BCUT2D eigenvalue weighted by atomic mass is 35.5. The first kappa shape index (κ1) is 23.5. The predicted molar refractivity (Wildman–Crippen MR) is 111 cm³/mol. The van der Waals surface area contributed by atoms with E-state index in [1.54, 1.807) is 12.1 Å². The first-order valence-electron chi connectivity index (χ1n) is 8.95. The summed E-state index contributed by atoms with van der Waals surface area (Å²) in [5.74, 6) is 0.0318. The van der Waals surface area contributed by atoms with E-state index in [2.05, 4.69) is 10.6 Å². The average Bonchev–Trinajstić information content (AvgIpc) is 2.57. The van der Waals surface area contributed by atoms with Crippen molar-refractivity contribution in [1.82, 2.24) is 5.32 Å². The van der Waals surface area contributed by atoms with Crippen molar-refractivity contribution in [3.8, 4) is 5.75 Å². The quantitative estimate of drug-likeness (QED) is 0.660. The summed E-state index contributed by atoms with van der Waals surface area (Å²) in [6, 6.07) is 3.43. The van der Waals surface area contributed by atoms with Gasteiger partial charge in [0.25, 0.3) is 0 Å². The SMILES string of the molecule is COc1cc(Cl)c(C)cc1NC(=O)CCNC(=O)C1CCCCC1(C)N.Cl. The van der Waals surface area contributed by atoms with Gasteiger partial charge < -0.3 is 21.1 Å². The molecule has 1 aromatic carbocycles. The lowest BCUT2D eigenvalue weighted by atomic mass is 9.74. The molecule has 0 saturated heterocycles. The lowest BCUT2D eigenvalue weighted by Crippen LogP contribution is -2.53. The molecule has 0 heterocycles. The zero-order chi connectivity index (χ0) is 19.3. The number of carbonyl (C=O) groups is 2. The lowest BCUT2D eigenvalue weighted by molar-refractivity contribution is -0.128. The number of hydrogen-bond acceptors (Lipinski definition) is 4. The van der Waals surface area contributed by atoms with Crippen LogP contribution in [0.3, 0.4) is 0 Å². The summed E-state index contributed by atoms with van der Waals surface area (Å²) >= 11 is 6.07. The zero-order valence-electron chi connectivity index (χ0n) is 16.1. The number of nitrogens with one attached hydrogen (secondary N) is 2. The molecule has 1 fully saturated rings. The Bertz CT molecular complexity index is 680. The molecule has 1 aromatic rings. The van der Waals surface area contributed by atoms with E-state index in [-0.39, 0.29) is 43.1 Å². The summed E-state index contributed by atoms with van der Waals surface area (Å²) in [5, 5.41) is 6.22. The number of ether oxygens (including phenoxy) is 1. The van der Waals surface area contributed by atoms with E-state index < -0.39 is 5.54 Å². The van der Waals surface area contributed by atoms with E-state index in [1.807, 2.05) is 13.8 Å². The van der Waals surface area contributed by atoms with Crippen LogP contribution in [0.4, 0.5) is 5.69 Å². The van der Waals surface area contributed by atoms with E-state index >= 15 is 0 Å². The second kappa shape index (κ2) is 10.2. The van der Waals surface area contributed by atoms with Crippen LogP contribution in [0, 0.1) is 12.8 Å². The van der Waals surface area contributed by atoms with E-state index in [0.29, 0.717) is 16.5 Å². The largest absolute Gasteiger partial charge is 0.495 e. The maximum atomic E-state index is 12.4. The topological polar surface area (TPSA) is 93.5 Å². The molecule has 27 heavy (non-hydrogen) atoms. The fourth-order valence-corrected chi connectivity index (χ4v) is 3.51. The van der Waals surface area contributed by atoms with Gasteiger partial charge in [-0.3, -0.25) is 9.59 Å².